The maximum atomic E-state index is 15.8. The van der Waals surface area contributed by atoms with Crippen LogP contribution in [0.2, 0.25) is 0 Å². The van der Waals surface area contributed by atoms with Crippen LogP contribution in [0.5, 0.6) is 5.75 Å². The van der Waals surface area contributed by atoms with Gasteiger partial charge in [0.25, 0.3) is 5.91 Å². The summed E-state index contributed by atoms with van der Waals surface area (Å²) in [4.78, 5) is 79.0. The number of thiazole rings is 1. The highest BCUT2D eigenvalue weighted by molar-refractivity contribution is 7.22. The lowest BCUT2D eigenvalue weighted by Crippen LogP contribution is -2.39. The van der Waals surface area contributed by atoms with Gasteiger partial charge in [0.15, 0.2) is 16.6 Å². The van der Waals surface area contributed by atoms with Crippen LogP contribution in [0.3, 0.4) is 0 Å². The largest absolute Gasteiger partial charge is 0.493 e. The van der Waals surface area contributed by atoms with Gasteiger partial charge in [-0.05, 0) is 156 Å². The molecule has 16 nitrogen and oxygen atoms in total. The molecule has 3 aliphatic rings. The van der Waals surface area contributed by atoms with E-state index in [0.717, 1.165) is 71.2 Å². The Morgan fingerprint density at radius 2 is 1.68 bits per heavy atom. The van der Waals surface area contributed by atoms with Gasteiger partial charge >= 0.3 is 5.97 Å². The monoisotopic (exact) mass is 1030 g/mol. The number of nitrogens with one attached hydrogen (secondary N) is 3. The highest BCUT2D eigenvalue weighted by Crippen LogP contribution is 2.37. The number of amides is 4. The van der Waals surface area contributed by atoms with E-state index >= 15 is 4.39 Å². The molecular formula is C57H60FN9O7S. The van der Waals surface area contributed by atoms with Crippen molar-refractivity contribution in [1.82, 2.24) is 30.0 Å². The topological polar surface area (TPSA) is 190 Å². The summed E-state index contributed by atoms with van der Waals surface area (Å²) in [5.41, 5.74) is 5.76. The molecule has 0 spiro atoms. The number of aromatic nitrogens is 4. The van der Waals surface area contributed by atoms with Gasteiger partial charge in [-0.25, -0.2) is 19.2 Å². The van der Waals surface area contributed by atoms with Crippen LogP contribution < -0.4 is 25.6 Å². The van der Waals surface area contributed by atoms with Gasteiger partial charge in [-0.1, -0.05) is 47.7 Å². The minimum Gasteiger partial charge on any atom is -0.493 e. The van der Waals surface area contributed by atoms with Crippen molar-refractivity contribution in [2.45, 2.75) is 90.7 Å². The first-order valence-electron chi connectivity index (χ1n) is 25.6. The van der Waals surface area contributed by atoms with Gasteiger partial charge in [0, 0.05) is 43.1 Å². The van der Waals surface area contributed by atoms with E-state index in [1.807, 2.05) is 94.4 Å². The second kappa shape index (κ2) is 21.3. The molecule has 0 saturated carbocycles. The summed E-state index contributed by atoms with van der Waals surface area (Å²) in [6, 6.07) is 26.4. The number of hydrogen-bond donors (Lipinski definition) is 3. The molecular weight excluding hydrogens is 974 g/mol. The van der Waals surface area contributed by atoms with Crippen LogP contribution in [0.25, 0.3) is 32.2 Å². The Balaban J connectivity index is 0.744. The number of carbonyl (C=O) groups excluding carboxylic acids is 5. The molecule has 4 amide bonds. The number of imide groups is 1. The predicted molar refractivity (Wildman–Crippen MR) is 287 cm³/mol. The normalized spacial score (nSPS) is 16.5. The average Bonchev–Trinajstić information content (AvgIpc) is 3.98. The SMILES string of the molecule is Cc1c(OCCCC2CCN(CC(=O)Nc3ccc4c(C5CCC(=O)NC5=O)nn(C)c4c3F)CC2)cccc1-c1ccc(N2CCc3cccc(C(=O)Nc4nc5ccccc5s4)c3C2)nc1C(=O)OC(C)(C)C. The van der Waals surface area contributed by atoms with E-state index in [4.69, 9.17) is 14.5 Å². The van der Waals surface area contributed by atoms with Gasteiger partial charge < -0.3 is 19.7 Å². The maximum Gasteiger partial charge on any atom is 0.358 e. The van der Waals surface area contributed by atoms with Crippen molar-refractivity contribution in [2.24, 2.45) is 13.0 Å². The van der Waals surface area contributed by atoms with E-state index in [-0.39, 0.29) is 47.6 Å². The zero-order chi connectivity index (χ0) is 52.5. The number of benzene rings is 4. The number of para-hydroxylation sites is 1. The molecule has 6 heterocycles. The third kappa shape index (κ3) is 11.1. The molecule has 3 N–H and O–H groups in total. The van der Waals surface area contributed by atoms with Gasteiger partial charge in [-0.2, -0.15) is 5.10 Å². The second-order valence-corrected chi connectivity index (χ2v) is 21.7. The molecule has 4 aromatic carbocycles. The molecule has 1 unspecified atom stereocenters. The standard InChI is InChI=1S/C57H60FN9O7S/c1-33-36(37-19-22-46(61-51(37)55(72)74-57(2,3)4)67-29-26-35-12-8-14-38(41(35)31-67)53(70)63-56-60-42-15-6-7-17-45(42)75-56)13-9-16-44(33)73-30-10-11-34-24-27-66(28-25-34)32-48(69)59-43-21-18-39-50(64-65(5)52(39)49(43)58)40-20-23-47(68)62-54(40)71/h6-9,12-19,21-22,34,40H,10-11,20,23-32H2,1-5H3,(H,59,69)(H,60,63,70)(H,62,68,71). The van der Waals surface area contributed by atoms with Crippen LogP contribution in [-0.4, -0.2) is 92.6 Å². The molecule has 3 aromatic heterocycles. The summed E-state index contributed by atoms with van der Waals surface area (Å²) in [5.74, 6) is -1.38. The number of esters is 1. The molecule has 0 bridgehead atoms. The third-order valence-electron chi connectivity index (χ3n) is 14.3. The molecule has 7 aromatic rings. The summed E-state index contributed by atoms with van der Waals surface area (Å²) in [6.07, 6.45) is 4.80. The fourth-order valence-electron chi connectivity index (χ4n) is 10.5. The Bertz CT molecular complexity index is 3340. The zero-order valence-corrected chi connectivity index (χ0v) is 43.6. The maximum absolute atomic E-state index is 15.8. The van der Waals surface area contributed by atoms with Crippen molar-refractivity contribution in [3.8, 4) is 16.9 Å². The van der Waals surface area contributed by atoms with E-state index in [1.165, 1.54) is 22.1 Å². The summed E-state index contributed by atoms with van der Waals surface area (Å²) in [5, 5.41) is 13.5. The number of carbonyl (C=O) groups is 5. The molecule has 2 fully saturated rings. The fraction of sp³-hybridized carbons (Fsp3) is 0.368. The smallest absolute Gasteiger partial charge is 0.358 e. The molecule has 0 aliphatic carbocycles. The molecule has 388 valence electrons. The number of fused-ring (bicyclic) bond motifs is 3. The molecule has 18 heteroatoms. The molecule has 3 aliphatic heterocycles. The second-order valence-electron chi connectivity index (χ2n) is 20.6. The predicted octanol–water partition coefficient (Wildman–Crippen LogP) is 9.49. The van der Waals surface area contributed by atoms with Crippen LogP contribution in [0.4, 0.5) is 21.0 Å². The minimum atomic E-state index is -0.764. The van der Waals surface area contributed by atoms with Crippen LogP contribution in [0.1, 0.15) is 108 Å². The van der Waals surface area contributed by atoms with Gasteiger partial charge in [-0.3, -0.25) is 39.4 Å². The van der Waals surface area contributed by atoms with Crippen molar-refractivity contribution in [3.63, 3.8) is 0 Å². The van der Waals surface area contributed by atoms with Gasteiger partial charge in [0.2, 0.25) is 17.7 Å². The van der Waals surface area contributed by atoms with E-state index in [2.05, 4.69) is 41.9 Å². The molecule has 10 rings (SSSR count). The summed E-state index contributed by atoms with van der Waals surface area (Å²) in [7, 11) is 1.59. The zero-order valence-electron chi connectivity index (χ0n) is 42.8. The van der Waals surface area contributed by atoms with Crippen LogP contribution in [-0.2, 0) is 39.1 Å². The Hall–Kier alpha value is -7.57. The highest BCUT2D eigenvalue weighted by atomic mass is 32.1. The first-order valence-corrected chi connectivity index (χ1v) is 26.4. The van der Waals surface area contributed by atoms with Crippen LogP contribution >= 0.6 is 11.3 Å². The highest BCUT2D eigenvalue weighted by Gasteiger charge is 2.33. The lowest BCUT2D eigenvalue weighted by Gasteiger charge is -2.31. The fourth-order valence-corrected chi connectivity index (χ4v) is 11.4. The van der Waals surface area contributed by atoms with Gasteiger partial charge in [0.05, 0.1) is 40.7 Å². The Morgan fingerprint density at radius 1 is 0.880 bits per heavy atom. The van der Waals surface area contributed by atoms with E-state index in [1.54, 1.807) is 13.1 Å². The Morgan fingerprint density at radius 3 is 2.47 bits per heavy atom. The third-order valence-corrected chi connectivity index (χ3v) is 15.3. The van der Waals surface area contributed by atoms with Gasteiger partial charge in [0.1, 0.15) is 22.7 Å². The van der Waals surface area contributed by atoms with E-state index in [0.29, 0.717) is 77.4 Å². The van der Waals surface area contributed by atoms with E-state index < -0.39 is 29.2 Å². The average molecular weight is 1030 g/mol. The number of halogens is 1. The van der Waals surface area contributed by atoms with Gasteiger partial charge in [-0.15, -0.1) is 0 Å². The molecule has 75 heavy (non-hydrogen) atoms. The first-order chi connectivity index (χ1) is 36.1. The summed E-state index contributed by atoms with van der Waals surface area (Å²) >= 11 is 1.43. The Labute approximate surface area is 438 Å². The van der Waals surface area contributed by atoms with Crippen molar-refractivity contribution in [2.75, 3.05) is 48.3 Å². The number of likely N-dealkylation sites (tertiary alicyclic amines) is 1. The van der Waals surface area contributed by atoms with Crippen molar-refractivity contribution >= 4 is 78.7 Å². The number of ether oxygens (including phenoxy) is 2. The quantitative estimate of drug-likeness (QED) is 0.0532. The lowest BCUT2D eigenvalue weighted by molar-refractivity contribution is -0.134. The van der Waals surface area contributed by atoms with Crippen molar-refractivity contribution in [3.05, 3.63) is 124 Å². The molecule has 0 radical (unpaired) electrons. The lowest BCUT2D eigenvalue weighted by atomic mass is 9.92. The summed E-state index contributed by atoms with van der Waals surface area (Å²) in [6.45, 7) is 10.6. The Kier molecular flexibility index (Phi) is 14.5. The molecule has 2 saturated heterocycles. The number of piperidine rings is 2. The van der Waals surface area contributed by atoms with Crippen LogP contribution in [0.15, 0.2) is 84.9 Å². The number of rotatable bonds is 14. The molecule has 1 atom stereocenters. The van der Waals surface area contributed by atoms with Crippen molar-refractivity contribution in [1.29, 1.82) is 0 Å². The number of pyridine rings is 1. The van der Waals surface area contributed by atoms with Crippen molar-refractivity contribution < 1.29 is 37.8 Å². The number of hydrogen-bond acceptors (Lipinski definition) is 13. The van der Waals surface area contributed by atoms with Crippen LogP contribution in [0, 0.1) is 18.7 Å². The number of aryl methyl sites for hydroxylation is 1. The summed E-state index contributed by atoms with van der Waals surface area (Å²) < 4.78 is 30.6. The number of nitrogens with zero attached hydrogens (tertiary/aromatic N) is 6. The first kappa shape index (κ1) is 50.9. The minimum absolute atomic E-state index is 0.0415. The van der Waals surface area contributed by atoms with E-state index in [9.17, 15) is 24.0 Å². The number of anilines is 3.